The zero-order valence-corrected chi connectivity index (χ0v) is 12.7. The third-order valence-electron chi connectivity index (χ3n) is 3.47. The second kappa shape index (κ2) is 7.56. The van der Waals surface area contributed by atoms with Crippen LogP contribution in [0.1, 0.15) is 11.1 Å². The van der Waals surface area contributed by atoms with Crippen molar-refractivity contribution < 1.29 is 9.13 Å². The van der Waals surface area contributed by atoms with Crippen LogP contribution in [0.3, 0.4) is 0 Å². The van der Waals surface area contributed by atoms with Crippen molar-refractivity contribution in [3.05, 3.63) is 95.8 Å². The van der Waals surface area contributed by atoms with E-state index in [9.17, 15) is 4.39 Å². The lowest BCUT2D eigenvalue weighted by molar-refractivity contribution is 0.480. The van der Waals surface area contributed by atoms with Gasteiger partial charge in [-0.1, -0.05) is 42.5 Å². The molecule has 23 heavy (non-hydrogen) atoms. The number of hydrogen-bond donors (Lipinski definition) is 1. The molecule has 0 aliphatic heterocycles. The average Bonchev–Trinajstić information content (AvgIpc) is 2.59. The molecular weight excluding hydrogens is 289 g/mol. The summed E-state index contributed by atoms with van der Waals surface area (Å²) in [6.45, 7) is 1.64. The Bertz CT molecular complexity index is 724. The van der Waals surface area contributed by atoms with Crippen molar-refractivity contribution in [3.63, 3.8) is 0 Å². The van der Waals surface area contributed by atoms with E-state index in [0.717, 1.165) is 18.8 Å². The molecule has 3 rings (SSSR count). The topological polar surface area (TPSA) is 21.3 Å². The minimum atomic E-state index is -0.266. The minimum Gasteiger partial charge on any atom is -0.457 e. The maximum Gasteiger partial charge on any atom is 0.127 e. The van der Waals surface area contributed by atoms with Crippen molar-refractivity contribution in [2.45, 2.75) is 13.1 Å². The van der Waals surface area contributed by atoms with E-state index in [1.165, 1.54) is 23.3 Å². The van der Waals surface area contributed by atoms with Gasteiger partial charge in [-0.25, -0.2) is 4.39 Å². The first-order chi connectivity index (χ1) is 11.3. The summed E-state index contributed by atoms with van der Waals surface area (Å²) in [6.07, 6.45) is 0. The highest BCUT2D eigenvalue weighted by Gasteiger charge is 1.99. The molecule has 0 aliphatic rings. The Balaban J connectivity index is 1.51. The van der Waals surface area contributed by atoms with Gasteiger partial charge in [-0.2, -0.15) is 0 Å². The molecule has 0 atom stereocenters. The zero-order chi connectivity index (χ0) is 15.9. The lowest BCUT2D eigenvalue weighted by Crippen LogP contribution is -2.12. The molecule has 0 fully saturated rings. The molecule has 0 unspecified atom stereocenters. The summed E-state index contributed by atoms with van der Waals surface area (Å²) in [4.78, 5) is 0. The van der Waals surface area contributed by atoms with Crippen molar-refractivity contribution in [1.82, 2.24) is 5.32 Å². The van der Waals surface area contributed by atoms with Crippen molar-refractivity contribution in [2.75, 3.05) is 0 Å². The monoisotopic (exact) mass is 307 g/mol. The Morgan fingerprint density at radius 1 is 0.652 bits per heavy atom. The van der Waals surface area contributed by atoms with Crippen LogP contribution >= 0.6 is 0 Å². The minimum absolute atomic E-state index is 0.266. The van der Waals surface area contributed by atoms with Gasteiger partial charge in [0, 0.05) is 13.1 Å². The predicted molar refractivity (Wildman–Crippen MR) is 89.9 cm³/mol. The Morgan fingerprint density at radius 2 is 1.17 bits per heavy atom. The van der Waals surface area contributed by atoms with E-state index in [2.05, 4.69) is 17.4 Å². The van der Waals surface area contributed by atoms with Gasteiger partial charge in [-0.3, -0.25) is 0 Å². The van der Waals surface area contributed by atoms with E-state index in [0.29, 0.717) is 5.75 Å². The first-order valence-corrected chi connectivity index (χ1v) is 7.56. The summed E-state index contributed by atoms with van der Waals surface area (Å²) in [7, 11) is 0. The highest BCUT2D eigenvalue weighted by molar-refractivity contribution is 5.33. The van der Waals surface area contributed by atoms with Crippen molar-refractivity contribution >= 4 is 0 Å². The molecule has 3 heteroatoms. The van der Waals surface area contributed by atoms with E-state index >= 15 is 0 Å². The van der Waals surface area contributed by atoms with Crippen LogP contribution in [-0.4, -0.2) is 0 Å². The van der Waals surface area contributed by atoms with Gasteiger partial charge in [0.25, 0.3) is 0 Å². The summed E-state index contributed by atoms with van der Waals surface area (Å²) in [5.74, 6) is 1.10. The standard InChI is InChI=1S/C20H18FNO/c21-18-8-12-20(13-9-18)23-19-10-6-17(7-11-19)15-22-14-16-4-2-1-3-5-16/h1-13,22H,14-15H2. The largest absolute Gasteiger partial charge is 0.457 e. The highest BCUT2D eigenvalue weighted by atomic mass is 19.1. The molecule has 0 radical (unpaired) electrons. The molecule has 2 nitrogen and oxygen atoms in total. The van der Waals surface area contributed by atoms with Gasteiger partial charge in [0.15, 0.2) is 0 Å². The molecule has 3 aromatic rings. The van der Waals surface area contributed by atoms with Gasteiger partial charge in [0.1, 0.15) is 17.3 Å². The number of benzene rings is 3. The van der Waals surface area contributed by atoms with E-state index < -0.39 is 0 Å². The molecule has 0 aromatic heterocycles. The molecule has 3 aromatic carbocycles. The van der Waals surface area contributed by atoms with Gasteiger partial charge >= 0.3 is 0 Å². The van der Waals surface area contributed by atoms with Crippen molar-refractivity contribution in [3.8, 4) is 11.5 Å². The normalized spacial score (nSPS) is 10.5. The van der Waals surface area contributed by atoms with Crippen LogP contribution in [0.5, 0.6) is 11.5 Å². The Kier molecular flexibility index (Phi) is 5.02. The van der Waals surface area contributed by atoms with Gasteiger partial charge in [0.2, 0.25) is 0 Å². The molecule has 116 valence electrons. The maximum atomic E-state index is 12.9. The Hall–Kier alpha value is -2.65. The fraction of sp³-hybridized carbons (Fsp3) is 0.100. The third-order valence-corrected chi connectivity index (χ3v) is 3.47. The molecular formula is C20H18FNO. The average molecular weight is 307 g/mol. The molecule has 0 amide bonds. The zero-order valence-electron chi connectivity index (χ0n) is 12.7. The van der Waals surface area contributed by atoms with Gasteiger partial charge in [-0.05, 0) is 47.5 Å². The first kappa shape index (κ1) is 15.3. The highest BCUT2D eigenvalue weighted by Crippen LogP contribution is 2.21. The smallest absolute Gasteiger partial charge is 0.127 e. The predicted octanol–water partition coefficient (Wildman–Crippen LogP) is 4.91. The number of halogens is 1. The van der Waals surface area contributed by atoms with Gasteiger partial charge in [0.05, 0.1) is 0 Å². The van der Waals surface area contributed by atoms with Crippen molar-refractivity contribution in [1.29, 1.82) is 0 Å². The molecule has 0 spiro atoms. The van der Waals surface area contributed by atoms with Crippen molar-refractivity contribution in [2.24, 2.45) is 0 Å². The summed E-state index contributed by atoms with van der Waals surface area (Å²) in [6, 6.07) is 24.2. The number of rotatable bonds is 6. The molecule has 0 saturated carbocycles. The Morgan fingerprint density at radius 3 is 1.78 bits per heavy atom. The third kappa shape index (κ3) is 4.66. The summed E-state index contributed by atoms with van der Waals surface area (Å²) in [5.41, 5.74) is 2.45. The van der Waals surface area contributed by atoms with Gasteiger partial charge < -0.3 is 10.1 Å². The van der Waals surface area contributed by atoms with E-state index in [4.69, 9.17) is 4.74 Å². The molecule has 0 heterocycles. The van der Waals surface area contributed by atoms with Crippen LogP contribution in [0.2, 0.25) is 0 Å². The van der Waals surface area contributed by atoms with E-state index in [1.54, 1.807) is 12.1 Å². The van der Waals surface area contributed by atoms with Crippen LogP contribution in [-0.2, 0) is 13.1 Å². The van der Waals surface area contributed by atoms with E-state index in [-0.39, 0.29) is 5.82 Å². The quantitative estimate of drug-likeness (QED) is 0.699. The molecule has 0 bridgehead atoms. The maximum absolute atomic E-state index is 12.9. The Labute approximate surface area is 135 Å². The number of ether oxygens (including phenoxy) is 1. The van der Waals surface area contributed by atoms with Crippen LogP contribution in [0.15, 0.2) is 78.9 Å². The second-order valence-corrected chi connectivity index (χ2v) is 5.29. The van der Waals surface area contributed by atoms with Gasteiger partial charge in [-0.15, -0.1) is 0 Å². The van der Waals surface area contributed by atoms with E-state index in [1.807, 2.05) is 42.5 Å². The summed E-state index contributed by atoms with van der Waals surface area (Å²) >= 11 is 0. The first-order valence-electron chi connectivity index (χ1n) is 7.56. The lowest BCUT2D eigenvalue weighted by Gasteiger charge is -2.08. The fourth-order valence-electron chi connectivity index (χ4n) is 2.26. The summed E-state index contributed by atoms with van der Waals surface area (Å²) in [5, 5.41) is 3.41. The fourth-order valence-corrected chi connectivity index (χ4v) is 2.26. The SMILES string of the molecule is Fc1ccc(Oc2ccc(CNCc3ccccc3)cc2)cc1. The summed E-state index contributed by atoms with van der Waals surface area (Å²) < 4.78 is 18.5. The molecule has 0 saturated heterocycles. The van der Waals surface area contributed by atoms with Crippen LogP contribution in [0.25, 0.3) is 0 Å². The second-order valence-electron chi connectivity index (χ2n) is 5.29. The molecule has 0 aliphatic carbocycles. The van der Waals surface area contributed by atoms with Crippen LogP contribution < -0.4 is 10.1 Å². The molecule has 1 N–H and O–H groups in total. The number of nitrogens with one attached hydrogen (secondary N) is 1. The number of hydrogen-bond acceptors (Lipinski definition) is 2. The lowest BCUT2D eigenvalue weighted by atomic mass is 10.2. The van der Waals surface area contributed by atoms with Crippen LogP contribution in [0.4, 0.5) is 4.39 Å². The van der Waals surface area contributed by atoms with Crippen LogP contribution in [0, 0.1) is 5.82 Å².